The first-order valence-electron chi connectivity index (χ1n) is 5.31. The maximum absolute atomic E-state index is 10.3. The Kier molecular flexibility index (Phi) is 4.11. The van der Waals surface area contributed by atoms with Crippen LogP contribution in [0, 0.1) is 0 Å². The highest BCUT2D eigenvalue weighted by molar-refractivity contribution is 7.16. The predicted molar refractivity (Wildman–Crippen MR) is 72.9 cm³/mol. The third-order valence-corrected chi connectivity index (χ3v) is 3.88. The van der Waals surface area contributed by atoms with Crippen molar-refractivity contribution in [2.75, 3.05) is 14.2 Å². The summed E-state index contributed by atoms with van der Waals surface area (Å²) >= 11 is 7.22. The van der Waals surface area contributed by atoms with Crippen molar-refractivity contribution in [1.29, 1.82) is 0 Å². The molecule has 0 saturated heterocycles. The van der Waals surface area contributed by atoms with Crippen LogP contribution in [0.25, 0.3) is 0 Å². The van der Waals surface area contributed by atoms with Gasteiger partial charge in [-0.1, -0.05) is 11.6 Å². The average Bonchev–Trinajstić information content (AvgIpc) is 2.83. The lowest BCUT2D eigenvalue weighted by Gasteiger charge is -2.14. The second-order valence-electron chi connectivity index (χ2n) is 3.65. The summed E-state index contributed by atoms with van der Waals surface area (Å²) in [4.78, 5) is 0.781. The summed E-state index contributed by atoms with van der Waals surface area (Å²) in [7, 11) is 3.15. The first-order chi connectivity index (χ1) is 8.65. The van der Waals surface area contributed by atoms with Crippen molar-refractivity contribution >= 4 is 22.9 Å². The third-order valence-electron chi connectivity index (χ3n) is 2.60. The van der Waals surface area contributed by atoms with Crippen molar-refractivity contribution in [2.24, 2.45) is 0 Å². The van der Waals surface area contributed by atoms with Gasteiger partial charge in [-0.25, -0.2) is 0 Å². The van der Waals surface area contributed by atoms with Gasteiger partial charge in [0, 0.05) is 16.5 Å². The van der Waals surface area contributed by atoms with Gasteiger partial charge in [0.1, 0.15) is 17.6 Å². The molecule has 18 heavy (non-hydrogen) atoms. The van der Waals surface area contributed by atoms with Gasteiger partial charge in [-0.05, 0) is 24.3 Å². The number of methoxy groups -OCH3 is 2. The van der Waals surface area contributed by atoms with Crippen molar-refractivity contribution in [2.45, 2.75) is 6.10 Å². The maximum atomic E-state index is 10.3. The van der Waals surface area contributed by atoms with Crippen molar-refractivity contribution in [3.8, 4) is 11.5 Å². The monoisotopic (exact) mass is 284 g/mol. The topological polar surface area (TPSA) is 38.7 Å². The molecule has 0 aliphatic carbocycles. The molecular formula is C13H13ClO3S. The van der Waals surface area contributed by atoms with Gasteiger partial charge in [0.15, 0.2) is 0 Å². The van der Waals surface area contributed by atoms with E-state index in [1.165, 1.54) is 11.3 Å². The molecule has 3 nitrogen and oxygen atoms in total. The highest BCUT2D eigenvalue weighted by Gasteiger charge is 2.17. The molecule has 0 fully saturated rings. The summed E-state index contributed by atoms with van der Waals surface area (Å²) in [5, 5.41) is 10.3. The molecule has 1 aromatic heterocycles. The van der Waals surface area contributed by atoms with Gasteiger partial charge in [-0.15, -0.1) is 11.3 Å². The zero-order valence-electron chi connectivity index (χ0n) is 10.0. The highest BCUT2D eigenvalue weighted by atomic mass is 35.5. The molecule has 0 amide bonds. The summed E-state index contributed by atoms with van der Waals surface area (Å²) in [5.74, 6) is 1.28. The van der Waals surface area contributed by atoms with E-state index in [1.54, 1.807) is 44.6 Å². The van der Waals surface area contributed by atoms with E-state index in [-0.39, 0.29) is 0 Å². The number of benzene rings is 1. The fourth-order valence-electron chi connectivity index (χ4n) is 1.67. The van der Waals surface area contributed by atoms with Crippen LogP contribution in [0.3, 0.4) is 0 Å². The van der Waals surface area contributed by atoms with Crippen molar-refractivity contribution in [3.63, 3.8) is 0 Å². The van der Waals surface area contributed by atoms with Gasteiger partial charge in [0.05, 0.1) is 18.6 Å². The Morgan fingerprint density at radius 2 is 1.94 bits per heavy atom. The maximum Gasteiger partial charge on any atom is 0.128 e. The Balaban J connectivity index is 2.38. The summed E-state index contributed by atoms with van der Waals surface area (Å²) < 4.78 is 11.0. The Morgan fingerprint density at radius 1 is 1.17 bits per heavy atom. The van der Waals surface area contributed by atoms with E-state index >= 15 is 0 Å². The normalized spacial score (nSPS) is 12.2. The van der Waals surface area contributed by atoms with E-state index < -0.39 is 6.10 Å². The summed E-state index contributed by atoms with van der Waals surface area (Å²) in [6.45, 7) is 0. The number of halogens is 1. The first kappa shape index (κ1) is 13.2. The van der Waals surface area contributed by atoms with Gasteiger partial charge in [0.2, 0.25) is 0 Å². The Morgan fingerprint density at radius 3 is 2.50 bits per heavy atom. The minimum Gasteiger partial charge on any atom is -0.497 e. The fraction of sp³-hybridized carbons (Fsp3) is 0.231. The Bertz CT molecular complexity index is 539. The lowest BCUT2D eigenvalue weighted by atomic mass is 10.1. The molecule has 5 heteroatoms. The zero-order valence-corrected chi connectivity index (χ0v) is 11.6. The first-order valence-corrected chi connectivity index (χ1v) is 6.50. The van der Waals surface area contributed by atoms with E-state index in [4.69, 9.17) is 21.1 Å². The van der Waals surface area contributed by atoms with Crippen LogP contribution in [0.1, 0.15) is 16.5 Å². The van der Waals surface area contributed by atoms with Gasteiger partial charge < -0.3 is 14.6 Å². The molecule has 0 saturated carbocycles. The van der Waals surface area contributed by atoms with Crippen LogP contribution >= 0.6 is 22.9 Å². The van der Waals surface area contributed by atoms with Crippen LogP contribution in [0.2, 0.25) is 4.34 Å². The summed E-state index contributed by atoms with van der Waals surface area (Å²) in [5.41, 5.74) is 0.691. The minimum atomic E-state index is -0.747. The molecule has 0 radical (unpaired) electrons. The molecule has 0 bridgehead atoms. The lowest BCUT2D eigenvalue weighted by Crippen LogP contribution is -2.01. The molecule has 1 atom stereocenters. The number of rotatable bonds is 4. The summed E-state index contributed by atoms with van der Waals surface area (Å²) in [6.07, 6.45) is -0.747. The van der Waals surface area contributed by atoms with E-state index in [9.17, 15) is 5.11 Å². The molecule has 0 spiro atoms. The molecule has 0 aliphatic rings. The number of aliphatic hydroxyl groups excluding tert-OH is 1. The molecule has 1 heterocycles. The summed E-state index contributed by atoms with van der Waals surface area (Å²) in [6, 6.07) is 8.89. The van der Waals surface area contributed by atoms with Gasteiger partial charge in [0.25, 0.3) is 0 Å². The van der Waals surface area contributed by atoms with Crippen molar-refractivity contribution in [3.05, 3.63) is 45.1 Å². The molecule has 0 aliphatic heterocycles. The van der Waals surface area contributed by atoms with E-state index in [0.29, 0.717) is 21.4 Å². The standard InChI is InChI=1S/C13H13ClO3S/c1-16-8-3-4-9(10(7-8)17-2)13(15)11-5-6-12(14)18-11/h3-7,13,15H,1-2H3. The van der Waals surface area contributed by atoms with Crippen LogP contribution in [0.5, 0.6) is 11.5 Å². The smallest absolute Gasteiger partial charge is 0.128 e. The van der Waals surface area contributed by atoms with Crippen LogP contribution in [0.4, 0.5) is 0 Å². The molecule has 2 aromatic rings. The Hall–Kier alpha value is -1.23. The lowest BCUT2D eigenvalue weighted by molar-refractivity contribution is 0.218. The van der Waals surface area contributed by atoms with E-state index in [0.717, 1.165) is 4.88 Å². The largest absolute Gasteiger partial charge is 0.497 e. The van der Waals surface area contributed by atoms with Crippen LogP contribution < -0.4 is 9.47 Å². The average molecular weight is 285 g/mol. The second-order valence-corrected chi connectivity index (χ2v) is 5.40. The molecule has 2 rings (SSSR count). The second kappa shape index (κ2) is 5.61. The Labute approximate surface area is 115 Å². The molecule has 96 valence electrons. The fourth-order valence-corrected chi connectivity index (χ4v) is 2.74. The molecular weight excluding hydrogens is 272 g/mol. The third kappa shape index (κ3) is 2.61. The predicted octanol–water partition coefficient (Wildman–Crippen LogP) is 3.50. The SMILES string of the molecule is COc1ccc(C(O)c2ccc(Cl)s2)c(OC)c1. The number of hydrogen-bond donors (Lipinski definition) is 1. The van der Waals surface area contributed by atoms with Crippen molar-refractivity contribution in [1.82, 2.24) is 0 Å². The highest BCUT2D eigenvalue weighted by Crippen LogP contribution is 2.36. The number of ether oxygens (including phenoxy) is 2. The quantitative estimate of drug-likeness (QED) is 0.934. The minimum absolute atomic E-state index is 0.589. The van der Waals surface area contributed by atoms with Gasteiger partial charge >= 0.3 is 0 Å². The van der Waals surface area contributed by atoms with Crippen LogP contribution in [0.15, 0.2) is 30.3 Å². The van der Waals surface area contributed by atoms with Gasteiger partial charge in [-0.2, -0.15) is 0 Å². The van der Waals surface area contributed by atoms with Crippen LogP contribution in [-0.4, -0.2) is 19.3 Å². The molecule has 1 unspecified atom stereocenters. The molecule has 1 N–H and O–H groups in total. The number of thiophene rings is 1. The number of hydrogen-bond acceptors (Lipinski definition) is 4. The molecule has 1 aromatic carbocycles. The van der Waals surface area contributed by atoms with E-state index in [2.05, 4.69) is 0 Å². The van der Waals surface area contributed by atoms with Crippen LogP contribution in [-0.2, 0) is 0 Å². The van der Waals surface area contributed by atoms with Crippen molar-refractivity contribution < 1.29 is 14.6 Å². The van der Waals surface area contributed by atoms with Gasteiger partial charge in [-0.3, -0.25) is 0 Å². The number of aliphatic hydroxyl groups is 1. The zero-order chi connectivity index (χ0) is 13.1. The van der Waals surface area contributed by atoms with E-state index in [1.807, 2.05) is 0 Å².